The summed E-state index contributed by atoms with van der Waals surface area (Å²) in [6, 6.07) is 0. The molecule has 1 N–H and O–H groups in total. The highest BCUT2D eigenvalue weighted by molar-refractivity contribution is 4.98. The maximum Gasteiger partial charge on any atom is 0.0490 e. The van der Waals surface area contributed by atoms with E-state index >= 15 is 0 Å². The number of aliphatic hydroxyl groups is 1. The van der Waals surface area contributed by atoms with Crippen molar-refractivity contribution in [3.63, 3.8) is 0 Å². The summed E-state index contributed by atoms with van der Waals surface area (Å²) >= 11 is 0. The minimum absolute atomic E-state index is 0.329. The van der Waals surface area contributed by atoms with Crippen molar-refractivity contribution in [2.75, 3.05) is 6.61 Å². The number of hydrogen-bond donors (Lipinski definition) is 1. The predicted octanol–water partition coefficient (Wildman–Crippen LogP) is 3.22. The third-order valence-corrected chi connectivity index (χ3v) is 4.06. The first kappa shape index (κ1) is 11.0. The fourth-order valence-electron chi connectivity index (χ4n) is 2.60. The molecule has 0 aliphatic heterocycles. The minimum atomic E-state index is 0.329. The van der Waals surface area contributed by atoms with E-state index in [9.17, 15) is 5.11 Å². The second kappa shape index (κ2) is 4.45. The van der Waals surface area contributed by atoms with Gasteiger partial charge >= 0.3 is 0 Å². The van der Waals surface area contributed by atoms with Crippen molar-refractivity contribution in [2.24, 2.45) is 17.3 Å². The Kier molecular flexibility index (Phi) is 3.78. The van der Waals surface area contributed by atoms with Crippen LogP contribution in [0.5, 0.6) is 0 Å². The van der Waals surface area contributed by atoms with E-state index in [-0.39, 0.29) is 0 Å². The highest BCUT2D eigenvalue weighted by Crippen LogP contribution is 2.54. The number of hydrogen-bond acceptors (Lipinski definition) is 1. The van der Waals surface area contributed by atoms with E-state index in [0.717, 1.165) is 11.8 Å². The fraction of sp³-hybridized carbons (Fsp3) is 1.00. The van der Waals surface area contributed by atoms with Crippen molar-refractivity contribution in [3.8, 4) is 0 Å². The molecule has 13 heavy (non-hydrogen) atoms. The van der Waals surface area contributed by atoms with Crippen molar-refractivity contribution in [2.45, 2.75) is 52.9 Å². The summed E-state index contributed by atoms with van der Waals surface area (Å²) in [7, 11) is 0. The summed E-state index contributed by atoms with van der Waals surface area (Å²) in [6.07, 6.45) is 6.40. The first-order chi connectivity index (χ1) is 6.20. The normalized spacial score (nSPS) is 24.0. The molecule has 0 spiro atoms. The van der Waals surface area contributed by atoms with Crippen LogP contribution < -0.4 is 0 Å². The summed E-state index contributed by atoms with van der Waals surface area (Å²) < 4.78 is 0. The molecule has 1 nitrogen and oxygen atoms in total. The highest BCUT2D eigenvalue weighted by Gasteiger charge is 2.48. The third-order valence-electron chi connectivity index (χ3n) is 4.06. The first-order valence-electron chi connectivity index (χ1n) is 5.81. The van der Waals surface area contributed by atoms with Gasteiger partial charge in [0.05, 0.1) is 0 Å². The predicted molar refractivity (Wildman–Crippen MR) is 56.6 cm³/mol. The van der Waals surface area contributed by atoms with Gasteiger partial charge in [0.15, 0.2) is 0 Å². The van der Waals surface area contributed by atoms with Gasteiger partial charge in [0.25, 0.3) is 0 Å². The fourth-order valence-corrected chi connectivity index (χ4v) is 2.60. The molecule has 1 rings (SSSR count). The quantitative estimate of drug-likeness (QED) is 0.672. The topological polar surface area (TPSA) is 20.2 Å². The molecular weight excluding hydrogens is 160 g/mol. The summed E-state index contributed by atoms with van der Waals surface area (Å²) in [6.45, 7) is 7.29. The van der Waals surface area contributed by atoms with Crippen molar-refractivity contribution < 1.29 is 5.11 Å². The van der Waals surface area contributed by atoms with Crippen molar-refractivity contribution >= 4 is 0 Å². The van der Waals surface area contributed by atoms with E-state index < -0.39 is 0 Å². The van der Waals surface area contributed by atoms with Gasteiger partial charge in [0, 0.05) is 6.61 Å². The zero-order chi connectivity index (χ0) is 9.90. The van der Waals surface area contributed by atoms with E-state index in [0.29, 0.717) is 12.0 Å². The molecule has 0 amide bonds. The lowest BCUT2D eigenvalue weighted by Gasteiger charge is -2.29. The van der Waals surface area contributed by atoms with Crippen LogP contribution in [0.3, 0.4) is 0 Å². The van der Waals surface area contributed by atoms with Gasteiger partial charge in [-0.05, 0) is 30.1 Å². The Morgan fingerprint density at radius 2 is 1.92 bits per heavy atom. The van der Waals surface area contributed by atoms with Gasteiger partial charge < -0.3 is 5.11 Å². The van der Waals surface area contributed by atoms with Crippen LogP contribution in [-0.4, -0.2) is 11.7 Å². The molecule has 0 saturated heterocycles. The van der Waals surface area contributed by atoms with Gasteiger partial charge in [-0.3, -0.25) is 0 Å². The molecule has 0 bridgehead atoms. The first-order valence-corrected chi connectivity index (χ1v) is 5.81. The second-order valence-corrected chi connectivity index (χ2v) is 4.77. The minimum Gasteiger partial charge on any atom is -0.396 e. The number of aliphatic hydroxyl groups excluding tert-OH is 1. The Morgan fingerprint density at radius 1 is 1.31 bits per heavy atom. The van der Waals surface area contributed by atoms with E-state index in [1.165, 1.54) is 32.1 Å². The highest BCUT2D eigenvalue weighted by atomic mass is 16.3. The Labute approximate surface area is 82.5 Å². The average Bonchev–Trinajstić information content (AvgIpc) is 2.93. The Balaban J connectivity index is 2.48. The van der Waals surface area contributed by atoms with Crippen LogP contribution in [-0.2, 0) is 0 Å². The smallest absolute Gasteiger partial charge is 0.0490 e. The lowest BCUT2D eigenvalue weighted by Crippen LogP contribution is -2.24. The molecule has 2 unspecified atom stereocenters. The van der Waals surface area contributed by atoms with Crippen LogP contribution in [0.4, 0.5) is 0 Å². The summed E-state index contributed by atoms with van der Waals surface area (Å²) in [5.74, 6) is 1.56. The van der Waals surface area contributed by atoms with Gasteiger partial charge in [-0.2, -0.15) is 0 Å². The molecular formula is C12H24O. The van der Waals surface area contributed by atoms with E-state index in [4.69, 9.17) is 0 Å². The molecule has 0 heterocycles. The molecule has 1 saturated carbocycles. The molecule has 0 aromatic carbocycles. The molecule has 1 aliphatic rings. The standard InChI is InChI=1S/C12H24O/c1-4-6-11(5-2)10(3)12(9-13)7-8-12/h10-11,13H,4-9H2,1-3H3. The second-order valence-electron chi connectivity index (χ2n) is 4.77. The Hall–Kier alpha value is -0.0400. The maximum absolute atomic E-state index is 9.34. The van der Waals surface area contributed by atoms with Gasteiger partial charge in [0.1, 0.15) is 0 Å². The Bertz CT molecular complexity index is 149. The van der Waals surface area contributed by atoms with Crippen LogP contribution >= 0.6 is 0 Å². The van der Waals surface area contributed by atoms with Crippen LogP contribution in [0.1, 0.15) is 52.9 Å². The molecule has 78 valence electrons. The molecule has 0 aromatic heterocycles. The van der Waals surface area contributed by atoms with Gasteiger partial charge in [-0.1, -0.05) is 40.0 Å². The average molecular weight is 184 g/mol. The van der Waals surface area contributed by atoms with E-state index in [1.54, 1.807) is 0 Å². The number of rotatable bonds is 6. The van der Waals surface area contributed by atoms with Crippen molar-refractivity contribution in [3.05, 3.63) is 0 Å². The molecule has 0 radical (unpaired) electrons. The SMILES string of the molecule is CCCC(CC)C(C)C1(CO)CC1. The van der Waals surface area contributed by atoms with Crippen molar-refractivity contribution in [1.29, 1.82) is 0 Å². The molecule has 2 atom stereocenters. The van der Waals surface area contributed by atoms with Gasteiger partial charge in [-0.15, -0.1) is 0 Å². The summed E-state index contributed by atoms with van der Waals surface area (Å²) in [5.41, 5.74) is 0.329. The third kappa shape index (κ3) is 2.25. The van der Waals surface area contributed by atoms with Crippen LogP contribution in [0.2, 0.25) is 0 Å². The van der Waals surface area contributed by atoms with Crippen LogP contribution in [0.25, 0.3) is 0 Å². The molecule has 1 heteroatoms. The monoisotopic (exact) mass is 184 g/mol. The summed E-state index contributed by atoms with van der Waals surface area (Å²) in [4.78, 5) is 0. The largest absolute Gasteiger partial charge is 0.396 e. The lowest BCUT2D eigenvalue weighted by atomic mass is 9.77. The summed E-state index contributed by atoms with van der Waals surface area (Å²) in [5, 5.41) is 9.34. The van der Waals surface area contributed by atoms with Crippen LogP contribution in [0.15, 0.2) is 0 Å². The van der Waals surface area contributed by atoms with Crippen LogP contribution in [0, 0.1) is 17.3 Å². The molecule has 0 aromatic rings. The zero-order valence-electron chi connectivity index (χ0n) is 9.34. The Morgan fingerprint density at radius 3 is 2.23 bits per heavy atom. The lowest BCUT2D eigenvalue weighted by molar-refractivity contribution is 0.120. The molecule has 1 fully saturated rings. The van der Waals surface area contributed by atoms with Crippen molar-refractivity contribution in [1.82, 2.24) is 0 Å². The van der Waals surface area contributed by atoms with E-state index in [1.807, 2.05) is 0 Å². The van der Waals surface area contributed by atoms with Gasteiger partial charge in [0.2, 0.25) is 0 Å². The van der Waals surface area contributed by atoms with Gasteiger partial charge in [-0.25, -0.2) is 0 Å². The zero-order valence-corrected chi connectivity index (χ0v) is 9.34. The van der Waals surface area contributed by atoms with E-state index in [2.05, 4.69) is 20.8 Å². The maximum atomic E-state index is 9.34. The molecule has 1 aliphatic carbocycles.